The van der Waals surface area contributed by atoms with E-state index in [1.807, 2.05) is 11.8 Å². The molecule has 0 saturated carbocycles. The molecule has 0 aliphatic carbocycles. The third-order valence-electron chi connectivity index (χ3n) is 4.19. The fourth-order valence-electron chi connectivity index (χ4n) is 2.78. The summed E-state index contributed by atoms with van der Waals surface area (Å²) >= 11 is 1.85. The Hall–Kier alpha value is 0.180. The highest BCUT2D eigenvalue weighted by Gasteiger charge is 2.35. The second-order valence-electron chi connectivity index (χ2n) is 6.31. The summed E-state index contributed by atoms with van der Waals surface area (Å²) in [5.41, 5.74) is 0. The van der Waals surface area contributed by atoms with Crippen LogP contribution in [0.3, 0.4) is 0 Å². The first-order valence-electron chi connectivity index (χ1n) is 7.35. The lowest BCUT2D eigenvalue weighted by Crippen LogP contribution is -2.49. The molecular weight excluding hydrogens is 296 g/mol. The van der Waals surface area contributed by atoms with E-state index in [1.165, 1.54) is 0 Å². The Morgan fingerprint density at radius 1 is 1.25 bits per heavy atom. The summed E-state index contributed by atoms with van der Waals surface area (Å²) in [5.74, 6) is 0.945. The van der Waals surface area contributed by atoms with Gasteiger partial charge >= 0.3 is 0 Å². The SMILES string of the molecule is CC1(C)CCN(S(=O)(=O)N2CCCC(CO)C2)CCS1. The van der Waals surface area contributed by atoms with Gasteiger partial charge in [-0.15, -0.1) is 0 Å². The van der Waals surface area contributed by atoms with Crippen molar-refractivity contribution in [3.8, 4) is 0 Å². The Bertz CT molecular complexity index is 425. The van der Waals surface area contributed by atoms with E-state index in [9.17, 15) is 13.5 Å². The van der Waals surface area contributed by atoms with Crippen LogP contribution in [-0.2, 0) is 10.2 Å². The van der Waals surface area contributed by atoms with E-state index >= 15 is 0 Å². The summed E-state index contributed by atoms with van der Waals surface area (Å²) in [6.45, 7) is 6.68. The molecule has 2 aliphatic rings. The number of aliphatic hydroxyl groups excluding tert-OH is 1. The Morgan fingerprint density at radius 2 is 2.00 bits per heavy atom. The van der Waals surface area contributed by atoms with Gasteiger partial charge < -0.3 is 5.11 Å². The van der Waals surface area contributed by atoms with E-state index < -0.39 is 10.2 Å². The van der Waals surface area contributed by atoms with E-state index in [-0.39, 0.29) is 17.3 Å². The molecule has 2 rings (SSSR count). The molecule has 2 heterocycles. The first-order chi connectivity index (χ1) is 9.35. The molecule has 2 saturated heterocycles. The van der Waals surface area contributed by atoms with E-state index in [1.54, 1.807) is 8.61 Å². The molecular formula is C13H26N2O3S2. The van der Waals surface area contributed by atoms with Gasteiger partial charge in [0.15, 0.2) is 0 Å². The zero-order valence-corrected chi connectivity index (χ0v) is 14.0. The van der Waals surface area contributed by atoms with Crippen LogP contribution in [0.1, 0.15) is 33.1 Å². The van der Waals surface area contributed by atoms with Crippen molar-refractivity contribution in [1.29, 1.82) is 0 Å². The van der Waals surface area contributed by atoms with Crippen molar-refractivity contribution in [2.75, 3.05) is 38.5 Å². The monoisotopic (exact) mass is 322 g/mol. The molecule has 0 aromatic carbocycles. The lowest BCUT2D eigenvalue weighted by Gasteiger charge is -2.34. The Balaban J connectivity index is 2.05. The van der Waals surface area contributed by atoms with Crippen LogP contribution >= 0.6 is 11.8 Å². The van der Waals surface area contributed by atoms with E-state index in [4.69, 9.17) is 0 Å². The third-order valence-corrected chi connectivity index (χ3v) is 7.56. The van der Waals surface area contributed by atoms with Gasteiger partial charge in [-0.3, -0.25) is 0 Å². The molecule has 7 heteroatoms. The maximum Gasteiger partial charge on any atom is 0.282 e. The molecule has 1 unspecified atom stereocenters. The first-order valence-corrected chi connectivity index (χ1v) is 9.73. The molecule has 0 aromatic rings. The maximum atomic E-state index is 12.7. The first kappa shape index (κ1) is 16.5. The summed E-state index contributed by atoms with van der Waals surface area (Å²) < 4.78 is 28.8. The minimum absolute atomic E-state index is 0.0783. The van der Waals surface area contributed by atoms with Gasteiger partial charge in [0.05, 0.1) is 0 Å². The molecule has 0 spiro atoms. The van der Waals surface area contributed by atoms with Crippen molar-refractivity contribution < 1.29 is 13.5 Å². The zero-order valence-electron chi connectivity index (χ0n) is 12.4. The lowest BCUT2D eigenvalue weighted by atomic mass is 10.0. The Kier molecular flexibility index (Phi) is 5.40. The van der Waals surface area contributed by atoms with Crippen molar-refractivity contribution in [3.63, 3.8) is 0 Å². The average molecular weight is 322 g/mol. The summed E-state index contributed by atoms with van der Waals surface area (Å²) in [6.07, 6.45) is 2.65. The van der Waals surface area contributed by atoms with Crippen LogP contribution in [0.15, 0.2) is 0 Å². The highest BCUT2D eigenvalue weighted by Crippen LogP contribution is 2.32. The van der Waals surface area contributed by atoms with Gasteiger partial charge in [0.25, 0.3) is 10.2 Å². The van der Waals surface area contributed by atoms with Crippen molar-refractivity contribution in [3.05, 3.63) is 0 Å². The summed E-state index contributed by atoms with van der Waals surface area (Å²) in [6, 6.07) is 0. The molecule has 1 atom stereocenters. The fraction of sp³-hybridized carbons (Fsp3) is 1.00. The minimum atomic E-state index is -3.36. The lowest BCUT2D eigenvalue weighted by molar-refractivity contribution is 0.161. The predicted molar refractivity (Wildman–Crippen MR) is 83.0 cm³/mol. The molecule has 2 aliphatic heterocycles. The van der Waals surface area contributed by atoms with Crippen molar-refractivity contribution in [2.24, 2.45) is 5.92 Å². The molecule has 2 fully saturated rings. The number of thioether (sulfide) groups is 1. The molecule has 118 valence electrons. The standard InChI is InChI=1S/C13H26N2O3S2/c1-13(2)5-7-14(8-9-19-13)20(17,18)15-6-3-4-12(10-15)11-16/h12,16H,3-11H2,1-2H3. The van der Waals surface area contributed by atoms with E-state index in [2.05, 4.69) is 13.8 Å². The van der Waals surface area contributed by atoms with E-state index in [0.717, 1.165) is 25.0 Å². The Labute approximate surface area is 126 Å². The second kappa shape index (κ2) is 6.52. The van der Waals surface area contributed by atoms with Gasteiger partial charge in [0.1, 0.15) is 0 Å². The molecule has 20 heavy (non-hydrogen) atoms. The molecule has 0 amide bonds. The van der Waals surface area contributed by atoms with Gasteiger partial charge in [-0.25, -0.2) is 0 Å². The highest BCUT2D eigenvalue weighted by molar-refractivity contribution is 8.00. The smallest absolute Gasteiger partial charge is 0.282 e. The topological polar surface area (TPSA) is 60.9 Å². The average Bonchev–Trinajstić information content (AvgIpc) is 2.60. The second-order valence-corrected chi connectivity index (χ2v) is 10.0. The van der Waals surface area contributed by atoms with Gasteiger partial charge in [0.2, 0.25) is 0 Å². The molecule has 0 aromatic heterocycles. The minimum Gasteiger partial charge on any atom is -0.396 e. The quantitative estimate of drug-likeness (QED) is 0.847. The molecule has 5 nitrogen and oxygen atoms in total. The van der Waals surface area contributed by atoms with Crippen molar-refractivity contribution >= 4 is 22.0 Å². The van der Waals surface area contributed by atoms with Crippen LogP contribution in [0.5, 0.6) is 0 Å². The Morgan fingerprint density at radius 3 is 2.70 bits per heavy atom. The predicted octanol–water partition coefficient (Wildman–Crippen LogP) is 1.15. The van der Waals surface area contributed by atoms with Gasteiger partial charge in [0, 0.05) is 43.3 Å². The number of hydrogen-bond acceptors (Lipinski definition) is 4. The fourth-order valence-corrected chi connectivity index (χ4v) is 5.73. The number of aliphatic hydroxyl groups is 1. The zero-order chi connectivity index (χ0) is 14.8. The van der Waals surface area contributed by atoms with Crippen LogP contribution in [0.25, 0.3) is 0 Å². The van der Waals surface area contributed by atoms with Gasteiger partial charge in [-0.05, 0) is 25.2 Å². The number of piperidine rings is 1. The van der Waals surface area contributed by atoms with Gasteiger partial charge in [-0.2, -0.15) is 28.8 Å². The summed E-state index contributed by atoms with van der Waals surface area (Å²) in [4.78, 5) is 0. The summed E-state index contributed by atoms with van der Waals surface area (Å²) in [5, 5.41) is 9.26. The van der Waals surface area contributed by atoms with Crippen molar-refractivity contribution in [2.45, 2.75) is 37.9 Å². The molecule has 1 N–H and O–H groups in total. The van der Waals surface area contributed by atoms with Crippen LogP contribution < -0.4 is 0 Å². The number of hydrogen-bond donors (Lipinski definition) is 1. The summed E-state index contributed by atoms with van der Waals surface area (Å²) in [7, 11) is -3.36. The number of rotatable bonds is 3. The van der Waals surface area contributed by atoms with Gasteiger partial charge in [-0.1, -0.05) is 13.8 Å². The van der Waals surface area contributed by atoms with Crippen LogP contribution in [-0.4, -0.2) is 65.4 Å². The van der Waals surface area contributed by atoms with Crippen LogP contribution in [0.2, 0.25) is 0 Å². The molecule has 0 bridgehead atoms. The largest absolute Gasteiger partial charge is 0.396 e. The molecule has 0 radical (unpaired) electrons. The maximum absolute atomic E-state index is 12.7. The third kappa shape index (κ3) is 3.88. The van der Waals surface area contributed by atoms with Crippen molar-refractivity contribution in [1.82, 2.24) is 8.61 Å². The van der Waals surface area contributed by atoms with E-state index in [0.29, 0.717) is 26.2 Å². The van der Waals surface area contributed by atoms with Crippen LogP contribution in [0, 0.1) is 5.92 Å². The number of nitrogens with zero attached hydrogens (tertiary/aromatic N) is 2. The van der Waals surface area contributed by atoms with Crippen LogP contribution in [0.4, 0.5) is 0 Å². The highest BCUT2D eigenvalue weighted by atomic mass is 32.2. The normalized spacial score (nSPS) is 30.1.